The van der Waals surface area contributed by atoms with Gasteiger partial charge in [0.15, 0.2) is 11.6 Å². The zero-order chi connectivity index (χ0) is 31.2. The average molecular weight is 564 g/mol. The van der Waals surface area contributed by atoms with Gasteiger partial charge in [-0.1, -0.05) is 53.7 Å². The summed E-state index contributed by atoms with van der Waals surface area (Å²) in [6, 6.07) is 0. The third-order valence-electron chi connectivity index (χ3n) is 7.05. The molecule has 232 valence electrons. The number of nitrogens with one attached hydrogen (secondary N) is 2. The number of hydrogen-bond acceptors (Lipinski definition) is 6. The summed E-state index contributed by atoms with van der Waals surface area (Å²) in [5, 5.41) is 7.10. The van der Waals surface area contributed by atoms with Crippen LogP contribution in [0.3, 0.4) is 0 Å². The Kier molecular flexibility index (Phi) is 12.2. The van der Waals surface area contributed by atoms with Gasteiger partial charge < -0.3 is 15.0 Å². The first-order chi connectivity index (χ1) is 17.9. The van der Waals surface area contributed by atoms with Gasteiger partial charge in [-0.2, -0.15) is 0 Å². The fraction of sp³-hybridized carbons (Fsp3) is 0.848. The number of allylic oxidation sites excluding steroid dienone is 2. The maximum atomic E-state index is 13.4. The number of Topliss-reactive ketones (excluding diaryl/α,β-unsaturated/α-hetero) is 2. The summed E-state index contributed by atoms with van der Waals surface area (Å²) in [5.74, 6) is 0.376. The first-order valence-electron chi connectivity index (χ1n) is 15.2. The van der Waals surface area contributed by atoms with Gasteiger partial charge in [-0.25, -0.2) is 4.79 Å². The van der Waals surface area contributed by atoms with E-state index in [0.29, 0.717) is 26.1 Å². The van der Waals surface area contributed by atoms with E-state index in [9.17, 15) is 14.4 Å². The zero-order valence-electron chi connectivity index (χ0n) is 28.1. The third kappa shape index (κ3) is 11.6. The topological polar surface area (TPSA) is 87.7 Å². The van der Waals surface area contributed by atoms with E-state index in [1.807, 2.05) is 69.2 Å². The Morgan fingerprint density at radius 3 is 1.82 bits per heavy atom. The summed E-state index contributed by atoms with van der Waals surface area (Å²) in [4.78, 5) is 41.0. The van der Waals surface area contributed by atoms with Crippen molar-refractivity contribution in [1.29, 1.82) is 0 Å². The van der Waals surface area contributed by atoms with Gasteiger partial charge in [-0.3, -0.25) is 14.9 Å². The molecular weight excluding hydrogens is 502 g/mol. The van der Waals surface area contributed by atoms with Gasteiger partial charge in [0.25, 0.3) is 0 Å². The molecular formula is C33H61N3O4. The highest BCUT2D eigenvalue weighted by molar-refractivity contribution is 5.94. The minimum atomic E-state index is -0.756. The van der Waals surface area contributed by atoms with Gasteiger partial charge in [-0.05, 0) is 87.0 Å². The normalized spacial score (nSPS) is 20.6. The second-order valence-electron chi connectivity index (χ2n) is 16.1. The summed E-state index contributed by atoms with van der Waals surface area (Å²) >= 11 is 0. The van der Waals surface area contributed by atoms with E-state index in [-0.39, 0.29) is 28.7 Å². The van der Waals surface area contributed by atoms with E-state index in [1.165, 1.54) is 0 Å². The molecule has 7 nitrogen and oxygen atoms in total. The van der Waals surface area contributed by atoms with Gasteiger partial charge in [0.2, 0.25) is 0 Å². The molecule has 0 aromatic heterocycles. The molecule has 2 atom stereocenters. The lowest BCUT2D eigenvalue weighted by Gasteiger charge is -2.40. The molecule has 7 heteroatoms. The van der Waals surface area contributed by atoms with E-state index in [2.05, 4.69) is 43.6 Å². The molecule has 0 aromatic rings. The van der Waals surface area contributed by atoms with Crippen molar-refractivity contribution < 1.29 is 19.1 Å². The molecule has 0 radical (unpaired) electrons. The smallest absolute Gasteiger partial charge is 0.409 e. The number of nitrogens with zero attached hydrogens (tertiary/aromatic N) is 1. The Balaban J connectivity index is 2.52. The monoisotopic (exact) mass is 563 g/mol. The quantitative estimate of drug-likeness (QED) is 0.200. The van der Waals surface area contributed by atoms with Crippen LogP contribution < -0.4 is 10.6 Å². The van der Waals surface area contributed by atoms with Crippen molar-refractivity contribution in [1.82, 2.24) is 15.5 Å². The number of unbranched alkanes of at least 4 members (excludes halogenated alkanes) is 2. The van der Waals surface area contributed by atoms with Crippen molar-refractivity contribution in [2.75, 3.05) is 19.7 Å². The second kappa shape index (κ2) is 13.5. The molecule has 1 aliphatic rings. The highest BCUT2D eigenvalue weighted by Gasteiger charge is 2.51. The summed E-state index contributed by atoms with van der Waals surface area (Å²) in [6.45, 7) is 27.4. The number of hydrogen-bond donors (Lipinski definition) is 2. The molecule has 1 amide bonds. The lowest BCUT2D eigenvalue weighted by molar-refractivity contribution is -0.134. The van der Waals surface area contributed by atoms with Crippen molar-refractivity contribution in [3.8, 4) is 0 Å². The maximum absolute atomic E-state index is 13.4. The molecule has 0 unspecified atom stereocenters. The van der Waals surface area contributed by atoms with E-state index >= 15 is 0 Å². The predicted molar refractivity (Wildman–Crippen MR) is 166 cm³/mol. The molecule has 40 heavy (non-hydrogen) atoms. The molecule has 0 aliphatic carbocycles. The van der Waals surface area contributed by atoms with Crippen molar-refractivity contribution in [2.24, 2.45) is 10.8 Å². The van der Waals surface area contributed by atoms with Crippen LogP contribution in [0.2, 0.25) is 0 Å². The first-order valence-corrected chi connectivity index (χ1v) is 15.2. The average Bonchev–Trinajstić information content (AvgIpc) is 3.17. The van der Waals surface area contributed by atoms with Crippen molar-refractivity contribution >= 4 is 17.7 Å². The number of rotatable bonds is 12. The van der Waals surface area contributed by atoms with Crippen LogP contribution in [0.1, 0.15) is 129 Å². The number of likely N-dealkylation sites (tertiary alicyclic amines) is 1. The molecule has 1 rings (SSSR count). The van der Waals surface area contributed by atoms with E-state index in [0.717, 1.165) is 32.1 Å². The van der Waals surface area contributed by atoms with Crippen LogP contribution >= 0.6 is 0 Å². The Morgan fingerprint density at radius 1 is 0.800 bits per heavy atom. The van der Waals surface area contributed by atoms with Gasteiger partial charge in [0.05, 0.1) is 17.7 Å². The van der Waals surface area contributed by atoms with Crippen LogP contribution in [0, 0.1) is 10.8 Å². The fourth-order valence-electron chi connectivity index (χ4n) is 5.89. The van der Waals surface area contributed by atoms with E-state index in [4.69, 9.17) is 4.74 Å². The molecule has 0 saturated carbocycles. The number of ketones is 2. The highest BCUT2D eigenvalue weighted by Crippen LogP contribution is 2.33. The summed E-state index contributed by atoms with van der Waals surface area (Å²) in [5.41, 5.74) is -2.63. The molecule has 0 bridgehead atoms. The molecule has 1 aliphatic heterocycles. The Morgan fingerprint density at radius 2 is 1.35 bits per heavy atom. The lowest BCUT2D eigenvalue weighted by atomic mass is 9.75. The Hall–Kier alpha value is -1.73. The lowest BCUT2D eigenvalue weighted by Crippen LogP contribution is -2.63. The van der Waals surface area contributed by atoms with Crippen LogP contribution in [-0.4, -0.2) is 64.4 Å². The first kappa shape index (κ1) is 36.3. The standard InChI is InChI=1S/C33H61N3O4/c1-28(2,3)25(37)32(13,34-30(7,8)9)20-18-16-14-15-17-19-23-40-27(39)36-22-21-33(24-36,35-31(10,11)12)26(38)29(4,5)6/h14-15,34-35H,16-24H2,1-13H3/b15-14+/t32-,33+/m1/s1. The van der Waals surface area contributed by atoms with Gasteiger partial charge >= 0.3 is 6.09 Å². The summed E-state index contributed by atoms with van der Waals surface area (Å²) in [6.07, 6.45) is 8.69. The van der Waals surface area contributed by atoms with Gasteiger partial charge in [0.1, 0.15) is 0 Å². The minimum Gasteiger partial charge on any atom is -0.449 e. The van der Waals surface area contributed by atoms with Crippen molar-refractivity contribution in [2.45, 2.75) is 151 Å². The number of carbonyl (C=O) groups is 3. The van der Waals surface area contributed by atoms with E-state index < -0.39 is 21.9 Å². The summed E-state index contributed by atoms with van der Waals surface area (Å²) < 4.78 is 5.56. The molecule has 0 spiro atoms. The zero-order valence-corrected chi connectivity index (χ0v) is 28.1. The third-order valence-corrected chi connectivity index (χ3v) is 7.05. The molecule has 2 N–H and O–H groups in total. The number of amides is 1. The van der Waals surface area contributed by atoms with Crippen LogP contribution in [0.15, 0.2) is 12.2 Å². The van der Waals surface area contributed by atoms with Crippen molar-refractivity contribution in [3.05, 3.63) is 12.2 Å². The Bertz CT molecular complexity index is 899. The minimum absolute atomic E-state index is 0.132. The van der Waals surface area contributed by atoms with Gasteiger partial charge in [-0.15, -0.1) is 0 Å². The largest absolute Gasteiger partial charge is 0.449 e. The molecule has 1 fully saturated rings. The van der Waals surface area contributed by atoms with Crippen LogP contribution in [0.25, 0.3) is 0 Å². The molecule has 1 heterocycles. The van der Waals surface area contributed by atoms with E-state index in [1.54, 1.807) is 4.90 Å². The number of ether oxygens (including phenoxy) is 1. The predicted octanol–water partition coefficient (Wildman–Crippen LogP) is 6.84. The number of carbonyl (C=O) groups excluding carboxylic acids is 3. The Labute approximate surface area is 245 Å². The van der Waals surface area contributed by atoms with Crippen LogP contribution in [0.5, 0.6) is 0 Å². The van der Waals surface area contributed by atoms with Crippen LogP contribution in [0.4, 0.5) is 4.79 Å². The fourth-order valence-corrected chi connectivity index (χ4v) is 5.89. The maximum Gasteiger partial charge on any atom is 0.409 e. The molecule has 0 aromatic carbocycles. The summed E-state index contributed by atoms with van der Waals surface area (Å²) in [7, 11) is 0. The van der Waals surface area contributed by atoms with Gasteiger partial charge in [0, 0.05) is 35.0 Å². The van der Waals surface area contributed by atoms with Crippen LogP contribution in [-0.2, 0) is 14.3 Å². The SMILES string of the molecule is CC(C)(C)N[C@@]1(C(=O)C(C)(C)C)CCN(C(=O)OCCC/C=C/CCC[C@@](C)(NC(C)(C)C)C(=O)C(C)(C)C)C1. The second-order valence-corrected chi connectivity index (χ2v) is 16.1. The van der Waals surface area contributed by atoms with Crippen molar-refractivity contribution in [3.63, 3.8) is 0 Å². The molecule has 1 saturated heterocycles. The highest BCUT2D eigenvalue weighted by atomic mass is 16.6.